The van der Waals surface area contributed by atoms with Crippen molar-refractivity contribution in [2.45, 2.75) is 25.2 Å². The lowest BCUT2D eigenvalue weighted by Gasteiger charge is -2.48. The summed E-state index contributed by atoms with van der Waals surface area (Å²) in [5.41, 5.74) is 4.73. The van der Waals surface area contributed by atoms with Gasteiger partial charge in [-0.15, -0.1) is 0 Å². The Morgan fingerprint density at radius 1 is 1.65 bits per heavy atom. The molecule has 1 saturated heterocycles. The monoisotopic (exact) mass is 283 g/mol. The van der Waals surface area contributed by atoms with E-state index in [9.17, 15) is 4.79 Å². The minimum atomic E-state index is -2.65. The standard InChI is InChI=1S/C15H23N3O2/c1-11(12-5-4-6-13(9-12)20-3)15(2)10-17-7-8-18(15)14(16)19/h4-6,9,11,17H,7-8,10H2,1-3H3,(H2,16,19)/t11-,15?/m1/s1/i1D3,3D3. The van der Waals surface area contributed by atoms with Crippen LogP contribution in [-0.4, -0.2) is 43.1 Å². The maximum atomic E-state index is 11.9. The summed E-state index contributed by atoms with van der Waals surface area (Å²) in [6, 6.07) is 5.26. The van der Waals surface area contributed by atoms with Crippen molar-refractivity contribution in [3.05, 3.63) is 29.8 Å². The normalized spacial score (nSPS) is 29.9. The van der Waals surface area contributed by atoms with Crippen molar-refractivity contribution >= 4 is 6.03 Å². The maximum absolute atomic E-state index is 11.9. The molecule has 1 unspecified atom stereocenters. The molecule has 2 amide bonds. The number of hydrogen-bond acceptors (Lipinski definition) is 3. The third kappa shape index (κ3) is 2.58. The van der Waals surface area contributed by atoms with E-state index in [1.165, 1.54) is 23.1 Å². The van der Waals surface area contributed by atoms with Crippen molar-refractivity contribution < 1.29 is 17.8 Å². The molecule has 20 heavy (non-hydrogen) atoms. The van der Waals surface area contributed by atoms with Crippen molar-refractivity contribution in [3.63, 3.8) is 0 Å². The molecule has 5 heteroatoms. The summed E-state index contributed by atoms with van der Waals surface area (Å²) >= 11 is 0. The first kappa shape index (κ1) is 8.52. The van der Waals surface area contributed by atoms with Gasteiger partial charge in [-0.25, -0.2) is 4.79 Å². The fourth-order valence-corrected chi connectivity index (χ4v) is 2.62. The van der Waals surface area contributed by atoms with Gasteiger partial charge >= 0.3 is 6.03 Å². The Kier molecular flexibility index (Phi) is 2.43. The molecule has 3 N–H and O–H groups in total. The van der Waals surface area contributed by atoms with Crippen molar-refractivity contribution in [1.29, 1.82) is 0 Å². The molecule has 0 radical (unpaired) electrons. The molecule has 1 fully saturated rings. The number of amides is 2. The minimum absolute atomic E-state index is 0.0368. The summed E-state index contributed by atoms with van der Waals surface area (Å²) in [6.07, 6.45) is 0. The Labute approximate surface area is 128 Å². The van der Waals surface area contributed by atoms with Crippen LogP contribution in [0, 0.1) is 0 Å². The van der Waals surface area contributed by atoms with Gasteiger partial charge in [0.1, 0.15) is 5.75 Å². The predicted octanol–water partition coefficient (Wildman–Crippen LogP) is 1.54. The predicted molar refractivity (Wildman–Crippen MR) is 79.0 cm³/mol. The Bertz CT molecular complexity index is 664. The number of rotatable bonds is 3. The van der Waals surface area contributed by atoms with E-state index in [-0.39, 0.29) is 18.8 Å². The average molecular weight is 283 g/mol. The number of hydrogen-bond donors (Lipinski definition) is 2. The van der Waals surface area contributed by atoms with Gasteiger partial charge in [-0.3, -0.25) is 0 Å². The molecule has 1 aliphatic rings. The van der Waals surface area contributed by atoms with Crippen LogP contribution in [0.25, 0.3) is 0 Å². The van der Waals surface area contributed by atoms with Gasteiger partial charge in [0.15, 0.2) is 0 Å². The third-order valence-corrected chi connectivity index (χ3v) is 3.81. The highest BCUT2D eigenvalue weighted by Crippen LogP contribution is 2.35. The number of carbonyl (C=O) groups excluding carboxylic acids is 1. The smallest absolute Gasteiger partial charge is 0.315 e. The summed E-state index contributed by atoms with van der Waals surface area (Å²) in [6.45, 7) is 0.236. The van der Waals surface area contributed by atoms with Gasteiger partial charge in [0.2, 0.25) is 0 Å². The summed E-state index contributed by atoms with van der Waals surface area (Å²) in [5.74, 6) is -1.05. The first-order valence-corrected chi connectivity index (χ1v) is 6.41. The summed E-state index contributed by atoms with van der Waals surface area (Å²) < 4.78 is 50.7. The van der Waals surface area contributed by atoms with Crippen LogP contribution in [-0.2, 0) is 0 Å². The van der Waals surface area contributed by atoms with Crippen molar-refractivity contribution in [2.75, 3.05) is 26.7 Å². The molecule has 2 atom stereocenters. The third-order valence-electron chi connectivity index (χ3n) is 3.81. The van der Waals surface area contributed by atoms with Crippen LogP contribution in [0.3, 0.4) is 0 Å². The fraction of sp³-hybridized carbons (Fsp3) is 0.533. The number of urea groups is 1. The SMILES string of the molecule is [2H]C([2H])([2H])Oc1cccc([C@@H](C([2H])([2H])[2H])C2(C)CNCCN2C(N)=O)c1. The Morgan fingerprint density at radius 3 is 3.20 bits per heavy atom. The maximum Gasteiger partial charge on any atom is 0.315 e. The average Bonchev–Trinajstić information content (AvgIpc) is 2.44. The van der Waals surface area contributed by atoms with Crippen molar-refractivity contribution in [1.82, 2.24) is 10.2 Å². The summed E-state index contributed by atoms with van der Waals surface area (Å²) in [5, 5.41) is 3.11. The lowest BCUT2D eigenvalue weighted by atomic mass is 9.79. The van der Waals surface area contributed by atoms with Gasteiger partial charge in [-0.05, 0) is 24.6 Å². The molecule has 110 valence electrons. The molecule has 0 spiro atoms. The number of ether oxygens (including phenoxy) is 1. The number of primary amides is 1. The first-order chi connectivity index (χ1) is 11.8. The molecule has 1 aliphatic heterocycles. The first-order valence-electron chi connectivity index (χ1n) is 9.41. The van der Waals surface area contributed by atoms with E-state index >= 15 is 0 Å². The molecule has 0 bridgehead atoms. The van der Waals surface area contributed by atoms with Gasteiger partial charge in [-0.1, -0.05) is 19.0 Å². The quantitative estimate of drug-likeness (QED) is 0.884. The lowest BCUT2D eigenvalue weighted by molar-refractivity contribution is 0.0885. The van der Waals surface area contributed by atoms with Crippen LogP contribution < -0.4 is 15.8 Å². The number of nitrogens with zero attached hydrogens (tertiary/aromatic N) is 1. The van der Waals surface area contributed by atoms with E-state index < -0.39 is 31.4 Å². The highest BCUT2D eigenvalue weighted by Gasteiger charge is 2.41. The van der Waals surface area contributed by atoms with E-state index in [0.717, 1.165) is 0 Å². The van der Waals surface area contributed by atoms with E-state index in [0.29, 0.717) is 12.1 Å². The molecule has 0 saturated carbocycles. The van der Waals surface area contributed by atoms with Crippen LogP contribution in [0.15, 0.2) is 24.3 Å². The highest BCUT2D eigenvalue weighted by atomic mass is 16.5. The van der Waals surface area contributed by atoms with Crippen LogP contribution in [0.1, 0.15) is 33.5 Å². The zero-order valence-electron chi connectivity index (χ0n) is 17.3. The number of piperazine rings is 1. The Balaban J connectivity index is 2.52. The van der Waals surface area contributed by atoms with Gasteiger partial charge in [-0.2, -0.15) is 0 Å². The number of nitrogens with two attached hydrogens (primary N) is 1. The molecule has 0 aromatic heterocycles. The lowest BCUT2D eigenvalue weighted by Crippen LogP contribution is -2.64. The molecule has 5 nitrogen and oxygen atoms in total. The van der Waals surface area contributed by atoms with Crippen molar-refractivity contribution in [3.8, 4) is 5.75 Å². The van der Waals surface area contributed by atoms with Gasteiger partial charge < -0.3 is 20.7 Å². The van der Waals surface area contributed by atoms with Crippen molar-refractivity contribution in [2.24, 2.45) is 5.73 Å². The fourth-order valence-electron chi connectivity index (χ4n) is 2.62. The molecular weight excluding hydrogens is 254 g/mol. The second kappa shape index (κ2) is 5.71. The molecule has 0 aliphatic carbocycles. The van der Waals surface area contributed by atoms with E-state index in [1.807, 2.05) is 0 Å². The van der Waals surface area contributed by atoms with E-state index in [4.69, 9.17) is 18.7 Å². The van der Waals surface area contributed by atoms with Crippen LogP contribution >= 0.6 is 0 Å². The molecule has 1 aromatic rings. The zero-order valence-corrected chi connectivity index (χ0v) is 11.3. The van der Waals surface area contributed by atoms with Crippen LogP contribution in [0.5, 0.6) is 5.75 Å². The van der Waals surface area contributed by atoms with Crippen LogP contribution in [0.2, 0.25) is 0 Å². The zero-order chi connectivity index (χ0) is 19.8. The number of carbonyl (C=O) groups is 1. The Hall–Kier alpha value is -1.75. The topological polar surface area (TPSA) is 67.6 Å². The number of nitrogens with one attached hydrogen (secondary N) is 1. The molecular formula is C15H23N3O2. The molecule has 2 rings (SSSR count). The van der Waals surface area contributed by atoms with E-state index in [2.05, 4.69) is 5.32 Å². The van der Waals surface area contributed by atoms with Crippen LogP contribution in [0.4, 0.5) is 4.79 Å². The van der Waals surface area contributed by atoms with Gasteiger partial charge in [0, 0.05) is 29.7 Å². The van der Waals surface area contributed by atoms with Gasteiger partial charge in [0.05, 0.1) is 16.7 Å². The molecule has 1 heterocycles. The minimum Gasteiger partial charge on any atom is -0.497 e. The van der Waals surface area contributed by atoms with E-state index in [1.54, 1.807) is 13.0 Å². The second-order valence-electron chi connectivity index (χ2n) is 5.13. The number of methoxy groups -OCH3 is 1. The van der Waals surface area contributed by atoms with Gasteiger partial charge in [0.25, 0.3) is 0 Å². The molecule has 1 aromatic carbocycles. The summed E-state index contributed by atoms with van der Waals surface area (Å²) in [7, 11) is -2.65. The second-order valence-corrected chi connectivity index (χ2v) is 5.13. The Morgan fingerprint density at radius 2 is 2.50 bits per heavy atom. The highest BCUT2D eigenvalue weighted by molar-refractivity contribution is 5.73. The summed E-state index contributed by atoms with van der Waals surface area (Å²) in [4.78, 5) is 13.3. The number of benzene rings is 1. The largest absolute Gasteiger partial charge is 0.497 e.